The summed E-state index contributed by atoms with van der Waals surface area (Å²) < 4.78 is 5.24. The topological polar surface area (TPSA) is 109 Å². The van der Waals surface area contributed by atoms with Gasteiger partial charge in [-0.25, -0.2) is 0 Å². The zero-order valence-electron chi connectivity index (χ0n) is 16.0. The lowest BCUT2D eigenvalue weighted by molar-refractivity contribution is -0.384. The van der Waals surface area contributed by atoms with Gasteiger partial charge < -0.3 is 19.5 Å². The molecule has 1 N–H and O–H groups in total. The highest BCUT2D eigenvalue weighted by molar-refractivity contribution is 5.92. The van der Waals surface area contributed by atoms with Crippen molar-refractivity contribution in [2.24, 2.45) is 5.92 Å². The molecule has 0 aliphatic carbocycles. The van der Waals surface area contributed by atoms with Gasteiger partial charge in [0, 0.05) is 44.0 Å². The van der Waals surface area contributed by atoms with Crippen LogP contribution in [-0.4, -0.2) is 53.9 Å². The summed E-state index contributed by atoms with van der Waals surface area (Å²) in [7, 11) is 0. The number of piperazine rings is 1. The average Bonchev–Trinajstić information content (AvgIpc) is 3.26. The summed E-state index contributed by atoms with van der Waals surface area (Å²) in [6.07, 6.45) is 1.86. The van der Waals surface area contributed by atoms with Crippen LogP contribution in [0, 0.1) is 16.0 Å². The van der Waals surface area contributed by atoms with E-state index in [1.54, 1.807) is 29.2 Å². The van der Waals surface area contributed by atoms with Gasteiger partial charge in [0.05, 0.1) is 23.1 Å². The van der Waals surface area contributed by atoms with Gasteiger partial charge in [0.1, 0.15) is 0 Å². The molecule has 29 heavy (non-hydrogen) atoms. The molecule has 9 heteroatoms. The quantitative estimate of drug-likeness (QED) is 0.622. The van der Waals surface area contributed by atoms with Crippen LogP contribution >= 0.6 is 0 Å². The number of nitrogens with zero attached hydrogens (tertiary/aromatic N) is 3. The monoisotopic (exact) mass is 398 g/mol. The average molecular weight is 398 g/mol. The van der Waals surface area contributed by atoms with Gasteiger partial charge in [-0.15, -0.1) is 0 Å². The van der Waals surface area contributed by atoms with Crippen LogP contribution in [-0.2, 0) is 11.2 Å². The maximum absolute atomic E-state index is 12.8. The second-order valence-electron chi connectivity index (χ2n) is 7.26. The summed E-state index contributed by atoms with van der Waals surface area (Å²) in [6, 6.07) is 7.89. The van der Waals surface area contributed by atoms with Gasteiger partial charge >= 0.3 is 0 Å². The van der Waals surface area contributed by atoms with Crippen molar-refractivity contribution in [1.29, 1.82) is 0 Å². The van der Waals surface area contributed by atoms with Crippen LogP contribution < -0.4 is 10.2 Å². The lowest BCUT2D eigenvalue weighted by atomic mass is 9.83. The second-order valence-corrected chi connectivity index (χ2v) is 7.26. The molecule has 2 amide bonds. The molecule has 2 aromatic rings. The minimum Gasteiger partial charge on any atom is -0.459 e. The number of hydrogen-bond acceptors (Lipinski definition) is 6. The van der Waals surface area contributed by atoms with Crippen LogP contribution in [0.3, 0.4) is 0 Å². The molecule has 0 radical (unpaired) electrons. The van der Waals surface area contributed by atoms with Gasteiger partial charge in [-0.2, -0.15) is 0 Å². The van der Waals surface area contributed by atoms with Crippen molar-refractivity contribution in [1.82, 2.24) is 10.2 Å². The van der Waals surface area contributed by atoms with Crippen LogP contribution in [0.25, 0.3) is 0 Å². The highest BCUT2D eigenvalue weighted by Gasteiger charge is 2.43. The van der Waals surface area contributed by atoms with E-state index in [0.717, 1.165) is 11.3 Å². The van der Waals surface area contributed by atoms with Crippen molar-refractivity contribution < 1.29 is 18.9 Å². The molecule has 1 saturated heterocycles. The van der Waals surface area contributed by atoms with E-state index in [0.29, 0.717) is 32.6 Å². The van der Waals surface area contributed by atoms with Crippen molar-refractivity contribution in [2.75, 3.05) is 31.1 Å². The third-order valence-corrected chi connectivity index (χ3v) is 5.61. The lowest BCUT2D eigenvalue weighted by Gasteiger charge is -2.48. The molecule has 1 aromatic carbocycles. The van der Waals surface area contributed by atoms with Gasteiger partial charge in [0.15, 0.2) is 5.76 Å². The Kier molecular flexibility index (Phi) is 4.96. The molecule has 1 fully saturated rings. The van der Waals surface area contributed by atoms with Crippen molar-refractivity contribution in [2.45, 2.75) is 19.4 Å². The molecule has 2 aliphatic heterocycles. The Bertz CT molecular complexity index is 942. The van der Waals surface area contributed by atoms with Crippen molar-refractivity contribution in [3.63, 3.8) is 0 Å². The van der Waals surface area contributed by atoms with Crippen molar-refractivity contribution in [3.05, 3.63) is 58.0 Å². The fourth-order valence-corrected chi connectivity index (χ4v) is 4.27. The first kappa shape index (κ1) is 19.0. The predicted octanol–water partition coefficient (Wildman–Crippen LogP) is 1.83. The molecule has 1 aromatic heterocycles. The molecule has 9 nitrogen and oxygen atoms in total. The normalized spacial score (nSPS) is 20.6. The van der Waals surface area contributed by atoms with E-state index in [4.69, 9.17) is 4.42 Å². The number of nitro groups is 1. The number of carbonyl (C=O) groups excluding carboxylic acids is 2. The number of nitrogens with one attached hydrogen (secondary N) is 1. The van der Waals surface area contributed by atoms with E-state index in [2.05, 4.69) is 10.2 Å². The Morgan fingerprint density at radius 1 is 1.31 bits per heavy atom. The molecular weight excluding hydrogens is 376 g/mol. The van der Waals surface area contributed by atoms with E-state index >= 15 is 0 Å². The Labute approximate surface area is 167 Å². The zero-order chi connectivity index (χ0) is 20.5. The van der Waals surface area contributed by atoms with Gasteiger partial charge in [0.25, 0.3) is 11.6 Å². The first-order chi connectivity index (χ1) is 14.0. The number of rotatable bonds is 4. The summed E-state index contributed by atoms with van der Waals surface area (Å²) in [6.45, 7) is 3.76. The number of carbonyl (C=O) groups is 2. The molecule has 2 atom stereocenters. The zero-order valence-corrected chi connectivity index (χ0v) is 16.0. The minimum absolute atomic E-state index is 0.0171. The van der Waals surface area contributed by atoms with Crippen molar-refractivity contribution >= 4 is 23.2 Å². The van der Waals surface area contributed by atoms with E-state index < -0.39 is 10.8 Å². The number of benzene rings is 1. The van der Waals surface area contributed by atoms with Gasteiger partial charge in [-0.1, -0.05) is 0 Å². The van der Waals surface area contributed by atoms with Crippen LogP contribution in [0.1, 0.15) is 23.0 Å². The van der Waals surface area contributed by atoms with Gasteiger partial charge in [0.2, 0.25) is 5.91 Å². The summed E-state index contributed by atoms with van der Waals surface area (Å²) in [5, 5.41) is 14.0. The van der Waals surface area contributed by atoms with Gasteiger partial charge in [-0.05, 0) is 37.1 Å². The molecule has 0 saturated carbocycles. The lowest BCUT2D eigenvalue weighted by Crippen LogP contribution is -2.62. The number of fused-ring (bicyclic) bond motifs is 3. The molecule has 0 unspecified atom stereocenters. The molecule has 152 valence electrons. The van der Waals surface area contributed by atoms with Crippen LogP contribution in [0.4, 0.5) is 11.4 Å². The van der Waals surface area contributed by atoms with E-state index in [1.165, 1.54) is 12.3 Å². The highest BCUT2D eigenvalue weighted by Crippen LogP contribution is 2.38. The third kappa shape index (κ3) is 3.43. The highest BCUT2D eigenvalue weighted by atomic mass is 16.6. The number of amides is 2. The van der Waals surface area contributed by atoms with Crippen LogP contribution in [0.2, 0.25) is 0 Å². The SMILES string of the molecule is CCNC(=O)[C@@H]1Cc2cc([N+](=O)[O-])ccc2N2CCN(C(=O)c3ccco3)C[C@H]12. The Balaban J connectivity index is 1.66. The molecule has 4 rings (SSSR count). The Hall–Kier alpha value is -3.36. The standard InChI is InChI=1S/C20H22N4O5/c1-2-21-19(25)15-11-13-10-14(24(27)28)5-6-16(13)23-8-7-22(12-17(15)23)20(26)18-4-3-9-29-18/h3-6,9-10,15,17H,2,7-8,11-12H2,1H3,(H,21,25)/t15-,17-/m1/s1. The maximum Gasteiger partial charge on any atom is 0.289 e. The van der Waals surface area contributed by atoms with E-state index in [-0.39, 0.29) is 29.3 Å². The molecule has 0 bridgehead atoms. The van der Waals surface area contributed by atoms with Crippen molar-refractivity contribution in [3.8, 4) is 0 Å². The summed E-state index contributed by atoms with van der Waals surface area (Å²) in [5.74, 6) is -0.428. The number of furan rings is 1. The third-order valence-electron chi connectivity index (χ3n) is 5.61. The molecule has 3 heterocycles. The Morgan fingerprint density at radius 2 is 2.14 bits per heavy atom. The van der Waals surface area contributed by atoms with E-state index in [1.807, 2.05) is 6.92 Å². The predicted molar refractivity (Wildman–Crippen MR) is 105 cm³/mol. The molecule has 0 spiro atoms. The fraction of sp³-hybridized carbons (Fsp3) is 0.400. The number of hydrogen-bond donors (Lipinski definition) is 1. The fourth-order valence-electron chi connectivity index (χ4n) is 4.27. The second kappa shape index (κ2) is 7.57. The first-order valence-electron chi connectivity index (χ1n) is 9.64. The van der Waals surface area contributed by atoms with Gasteiger partial charge in [-0.3, -0.25) is 19.7 Å². The Morgan fingerprint density at radius 3 is 2.83 bits per heavy atom. The molecular formula is C20H22N4O5. The smallest absolute Gasteiger partial charge is 0.289 e. The summed E-state index contributed by atoms with van der Waals surface area (Å²) >= 11 is 0. The maximum atomic E-state index is 12.8. The molecule has 2 aliphatic rings. The largest absolute Gasteiger partial charge is 0.459 e. The summed E-state index contributed by atoms with van der Waals surface area (Å²) in [4.78, 5) is 40.1. The number of nitro benzene ring substituents is 1. The van der Waals surface area contributed by atoms with Crippen LogP contribution in [0.5, 0.6) is 0 Å². The van der Waals surface area contributed by atoms with E-state index in [9.17, 15) is 19.7 Å². The summed E-state index contributed by atoms with van der Waals surface area (Å²) in [5.41, 5.74) is 1.70. The number of anilines is 1. The first-order valence-corrected chi connectivity index (χ1v) is 9.64. The number of non-ortho nitro benzene ring substituents is 1. The minimum atomic E-state index is -0.423. The van der Waals surface area contributed by atoms with Crippen LogP contribution in [0.15, 0.2) is 41.0 Å².